The van der Waals surface area contributed by atoms with E-state index >= 15 is 0 Å². The molecule has 21 heavy (non-hydrogen) atoms. The van der Waals surface area contributed by atoms with Gasteiger partial charge in [0.1, 0.15) is 0 Å². The third kappa shape index (κ3) is 5.28. The number of alkyl halides is 3. The maximum Gasteiger partial charge on any atom is 0.401 e. The van der Waals surface area contributed by atoms with Crippen LogP contribution in [0.15, 0.2) is 18.3 Å². The van der Waals surface area contributed by atoms with Gasteiger partial charge in [-0.15, -0.1) is 0 Å². The first-order valence-electron chi connectivity index (χ1n) is 7.43. The van der Waals surface area contributed by atoms with Crippen molar-refractivity contribution in [3.8, 4) is 0 Å². The zero-order chi connectivity index (χ0) is 15.3. The molecule has 3 nitrogen and oxygen atoms in total. The van der Waals surface area contributed by atoms with Crippen molar-refractivity contribution in [3.05, 3.63) is 29.6 Å². The Labute approximate surface area is 123 Å². The lowest BCUT2D eigenvalue weighted by Gasteiger charge is -2.32. The lowest BCUT2D eigenvalue weighted by atomic mass is 10.0. The van der Waals surface area contributed by atoms with Gasteiger partial charge in [-0.3, -0.25) is 9.88 Å². The second-order valence-electron chi connectivity index (χ2n) is 5.51. The van der Waals surface area contributed by atoms with E-state index in [0.717, 1.165) is 25.0 Å². The molecule has 2 rings (SSSR count). The van der Waals surface area contributed by atoms with Crippen LogP contribution in [0.25, 0.3) is 0 Å². The minimum Gasteiger partial charge on any atom is -0.308 e. The number of halogens is 3. The van der Waals surface area contributed by atoms with Crippen LogP contribution in [0.5, 0.6) is 0 Å². The molecule has 0 spiro atoms. The molecule has 0 atom stereocenters. The summed E-state index contributed by atoms with van der Waals surface area (Å²) in [6.07, 6.45) is 0.135. The zero-order valence-corrected chi connectivity index (χ0v) is 12.3. The summed E-state index contributed by atoms with van der Waals surface area (Å²) in [6, 6.07) is 4.27. The van der Waals surface area contributed by atoms with Crippen molar-refractivity contribution >= 4 is 0 Å². The monoisotopic (exact) mass is 301 g/mol. The van der Waals surface area contributed by atoms with E-state index in [1.165, 1.54) is 10.5 Å². The van der Waals surface area contributed by atoms with Crippen LogP contribution in [0.2, 0.25) is 0 Å². The van der Waals surface area contributed by atoms with Gasteiger partial charge < -0.3 is 5.32 Å². The number of hydrogen-bond acceptors (Lipinski definition) is 3. The molecule has 1 aromatic rings. The molecule has 1 fully saturated rings. The van der Waals surface area contributed by atoms with Crippen molar-refractivity contribution in [2.75, 3.05) is 19.6 Å². The van der Waals surface area contributed by atoms with Gasteiger partial charge in [-0.2, -0.15) is 13.2 Å². The van der Waals surface area contributed by atoms with Crippen molar-refractivity contribution in [1.82, 2.24) is 15.2 Å². The van der Waals surface area contributed by atoms with Crippen molar-refractivity contribution in [1.29, 1.82) is 0 Å². The van der Waals surface area contributed by atoms with E-state index in [4.69, 9.17) is 0 Å². The quantitative estimate of drug-likeness (QED) is 0.906. The lowest BCUT2D eigenvalue weighted by molar-refractivity contribution is -0.148. The number of nitrogens with one attached hydrogen (secondary N) is 1. The van der Waals surface area contributed by atoms with Crippen molar-refractivity contribution in [2.24, 2.45) is 0 Å². The first kappa shape index (κ1) is 16.2. The third-order valence-electron chi connectivity index (χ3n) is 3.91. The fourth-order valence-electron chi connectivity index (χ4n) is 2.74. The van der Waals surface area contributed by atoms with Crippen LogP contribution in [0.3, 0.4) is 0 Å². The molecule has 0 aromatic carbocycles. The fourth-order valence-corrected chi connectivity index (χ4v) is 2.74. The molecule has 0 bridgehead atoms. The molecule has 2 heterocycles. The highest BCUT2D eigenvalue weighted by Crippen LogP contribution is 2.20. The number of aromatic nitrogens is 1. The Balaban J connectivity index is 1.76. The summed E-state index contributed by atoms with van der Waals surface area (Å²) in [5.74, 6) is 0. The molecule has 0 radical (unpaired) electrons. The van der Waals surface area contributed by atoms with E-state index in [1.807, 2.05) is 6.07 Å². The van der Waals surface area contributed by atoms with Crippen molar-refractivity contribution < 1.29 is 13.2 Å². The highest BCUT2D eigenvalue weighted by atomic mass is 19.4. The second kappa shape index (κ2) is 7.22. The van der Waals surface area contributed by atoms with E-state index in [1.54, 1.807) is 6.20 Å². The van der Waals surface area contributed by atoms with E-state index in [-0.39, 0.29) is 6.04 Å². The SMILES string of the molecule is CCc1cccnc1CNC1CCN(CC(F)(F)F)CC1. The lowest BCUT2D eigenvalue weighted by Crippen LogP contribution is -2.45. The molecule has 118 valence electrons. The maximum atomic E-state index is 12.3. The van der Waals surface area contributed by atoms with Crippen LogP contribution in [0, 0.1) is 0 Å². The highest BCUT2D eigenvalue weighted by Gasteiger charge is 2.32. The number of piperidine rings is 1. The Morgan fingerprint density at radius 1 is 1.33 bits per heavy atom. The third-order valence-corrected chi connectivity index (χ3v) is 3.91. The fraction of sp³-hybridized carbons (Fsp3) is 0.667. The van der Waals surface area contributed by atoms with Crippen LogP contribution >= 0.6 is 0 Å². The van der Waals surface area contributed by atoms with Crippen molar-refractivity contribution in [2.45, 2.75) is 44.9 Å². The van der Waals surface area contributed by atoms with Crippen LogP contribution < -0.4 is 5.32 Å². The van der Waals surface area contributed by atoms with Crippen LogP contribution in [0.4, 0.5) is 13.2 Å². The summed E-state index contributed by atoms with van der Waals surface area (Å²) in [7, 11) is 0. The van der Waals surface area contributed by atoms with E-state index in [9.17, 15) is 13.2 Å². The Hall–Kier alpha value is -1.14. The largest absolute Gasteiger partial charge is 0.401 e. The minimum absolute atomic E-state index is 0.279. The predicted molar refractivity (Wildman–Crippen MR) is 76.0 cm³/mol. The van der Waals surface area contributed by atoms with E-state index < -0.39 is 12.7 Å². The average Bonchev–Trinajstić information content (AvgIpc) is 2.45. The molecule has 0 unspecified atom stereocenters. The van der Waals surface area contributed by atoms with Crippen LogP contribution in [-0.4, -0.2) is 41.7 Å². The van der Waals surface area contributed by atoms with Gasteiger partial charge in [0.2, 0.25) is 0 Å². The smallest absolute Gasteiger partial charge is 0.308 e. The molecular weight excluding hydrogens is 279 g/mol. The second-order valence-corrected chi connectivity index (χ2v) is 5.51. The van der Waals surface area contributed by atoms with Crippen LogP contribution in [0.1, 0.15) is 31.0 Å². The minimum atomic E-state index is -4.09. The number of hydrogen-bond donors (Lipinski definition) is 1. The molecule has 1 saturated heterocycles. The van der Waals surface area contributed by atoms with Crippen LogP contribution in [-0.2, 0) is 13.0 Å². The molecule has 0 aliphatic carbocycles. The number of nitrogens with zero attached hydrogens (tertiary/aromatic N) is 2. The van der Waals surface area contributed by atoms with Gasteiger partial charge in [0.25, 0.3) is 0 Å². The molecule has 1 aliphatic rings. The van der Waals surface area contributed by atoms with E-state index in [0.29, 0.717) is 19.6 Å². The summed E-state index contributed by atoms with van der Waals surface area (Å²) < 4.78 is 37.0. The standard InChI is InChI=1S/C15H22F3N3/c1-2-12-4-3-7-19-14(12)10-20-13-5-8-21(9-6-13)11-15(16,17)18/h3-4,7,13,20H,2,5-6,8-11H2,1H3. The van der Waals surface area contributed by atoms with Gasteiger partial charge in [-0.05, 0) is 44.0 Å². The summed E-state index contributed by atoms with van der Waals surface area (Å²) in [4.78, 5) is 5.86. The van der Waals surface area contributed by atoms with Gasteiger partial charge in [-0.1, -0.05) is 13.0 Å². The van der Waals surface area contributed by atoms with E-state index in [2.05, 4.69) is 23.3 Å². The van der Waals surface area contributed by atoms with Gasteiger partial charge in [0, 0.05) is 18.8 Å². The summed E-state index contributed by atoms with van der Waals surface area (Å²) in [6.45, 7) is 2.99. The Kier molecular flexibility index (Phi) is 5.58. The van der Waals surface area contributed by atoms with Gasteiger partial charge in [-0.25, -0.2) is 0 Å². The Morgan fingerprint density at radius 2 is 2.05 bits per heavy atom. The first-order valence-corrected chi connectivity index (χ1v) is 7.43. The molecule has 1 aliphatic heterocycles. The number of aryl methyl sites for hydroxylation is 1. The maximum absolute atomic E-state index is 12.3. The van der Waals surface area contributed by atoms with Gasteiger partial charge in [0.05, 0.1) is 12.2 Å². The normalized spacial score (nSPS) is 18.1. The Bertz CT molecular complexity index is 440. The Morgan fingerprint density at radius 3 is 2.67 bits per heavy atom. The number of pyridine rings is 1. The average molecular weight is 301 g/mol. The number of rotatable bonds is 5. The molecule has 6 heteroatoms. The predicted octanol–water partition coefficient (Wildman–Crippen LogP) is 2.76. The van der Waals surface area contributed by atoms with Gasteiger partial charge in [0.15, 0.2) is 0 Å². The first-order chi connectivity index (χ1) is 9.98. The molecule has 0 amide bonds. The summed E-state index contributed by atoms with van der Waals surface area (Å²) >= 11 is 0. The topological polar surface area (TPSA) is 28.2 Å². The van der Waals surface area contributed by atoms with Crippen molar-refractivity contribution in [3.63, 3.8) is 0 Å². The molecule has 1 N–H and O–H groups in total. The molecular formula is C15H22F3N3. The highest BCUT2D eigenvalue weighted by molar-refractivity contribution is 5.19. The van der Waals surface area contributed by atoms with Gasteiger partial charge >= 0.3 is 6.18 Å². The zero-order valence-electron chi connectivity index (χ0n) is 12.3. The molecule has 0 saturated carbocycles. The summed E-state index contributed by atoms with van der Waals surface area (Å²) in [5, 5.41) is 3.43. The number of likely N-dealkylation sites (tertiary alicyclic amines) is 1. The molecule has 1 aromatic heterocycles. The summed E-state index contributed by atoms with van der Waals surface area (Å²) in [5.41, 5.74) is 2.26.